The number of rotatable bonds is 7. The van der Waals surface area contributed by atoms with Crippen molar-refractivity contribution < 1.29 is 9.22 Å². The van der Waals surface area contributed by atoms with Gasteiger partial charge in [-0.2, -0.15) is 0 Å². The maximum Gasteiger partial charge on any atom is 0.335 e. The van der Waals surface area contributed by atoms with Crippen molar-refractivity contribution in [3.8, 4) is 0 Å². The largest absolute Gasteiger partial charge is 0.411 e. The number of hydrogen-bond donors (Lipinski definition) is 1. The van der Waals surface area contributed by atoms with Crippen LogP contribution in [0.4, 0.5) is 0 Å². The van der Waals surface area contributed by atoms with Gasteiger partial charge >= 0.3 is 8.56 Å². The first-order valence-electron chi connectivity index (χ1n) is 5.04. The van der Waals surface area contributed by atoms with Gasteiger partial charge in [0.05, 0.1) is 0 Å². The summed E-state index contributed by atoms with van der Waals surface area (Å²) in [6.45, 7) is 7.00. The van der Waals surface area contributed by atoms with E-state index in [4.69, 9.17) is 4.43 Å². The highest BCUT2D eigenvalue weighted by molar-refractivity contribution is 6.66. The maximum absolute atomic E-state index is 10.1. The van der Waals surface area contributed by atoms with Gasteiger partial charge < -0.3 is 9.22 Å². The Hall–Kier alpha value is 0.137. The van der Waals surface area contributed by atoms with Crippen LogP contribution in [-0.4, -0.2) is 20.0 Å². The lowest BCUT2D eigenvalue weighted by molar-refractivity contribution is 0.227. The van der Waals surface area contributed by atoms with Crippen molar-refractivity contribution in [1.82, 2.24) is 0 Å². The third-order valence-electron chi connectivity index (χ3n) is 1.86. The minimum Gasteiger partial charge on any atom is -0.411 e. The van der Waals surface area contributed by atoms with Crippen LogP contribution in [0, 0.1) is 0 Å². The van der Waals surface area contributed by atoms with Gasteiger partial charge in [0, 0.05) is 6.61 Å². The minimum atomic E-state index is -2.27. The van der Waals surface area contributed by atoms with Crippen LogP contribution in [0.2, 0.25) is 12.1 Å². The van der Waals surface area contributed by atoms with Crippen LogP contribution in [0.25, 0.3) is 0 Å². The molecule has 0 saturated carbocycles. The van der Waals surface area contributed by atoms with Crippen LogP contribution in [0.3, 0.4) is 0 Å². The molecule has 0 aliphatic heterocycles. The van der Waals surface area contributed by atoms with E-state index in [-0.39, 0.29) is 0 Å². The van der Waals surface area contributed by atoms with Crippen molar-refractivity contribution in [1.29, 1.82) is 0 Å². The molecule has 0 unspecified atom stereocenters. The Labute approximate surface area is 77.2 Å². The van der Waals surface area contributed by atoms with E-state index in [1.54, 1.807) is 0 Å². The molecule has 2 nitrogen and oxygen atoms in total. The van der Waals surface area contributed by atoms with Crippen molar-refractivity contribution in [2.24, 2.45) is 0 Å². The van der Waals surface area contributed by atoms with E-state index in [0.717, 1.165) is 38.0 Å². The molecular formula is C9H22O2Si. The molecule has 0 aromatic carbocycles. The standard InChI is InChI=1S/C9H22O2Si/c1-4-7-11-12(10,8-5-2)9-6-3/h10H,4-9H2,1-3H3. The molecule has 3 heteroatoms. The fourth-order valence-corrected chi connectivity index (χ4v) is 4.03. The molecule has 0 radical (unpaired) electrons. The topological polar surface area (TPSA) is 29.5 Å². The smallest absolute Gasteiger partial charge is 0.335 e. The Morgan fingerprint density at radius 2 is 1.50 bits per heavy atom. The molecule has 74 valence electrons. The normalized spacial score (nSPS) is 12.0. The van der Waals surface area contributed by atoms with Crippen molar-refractivity contribution in [2.45, 2.75) is 52.1 Å². The zero-order chi connectivity index (χ0) is 9.45. The summed E-state index contributed by atoms with van der Waals surface area (Å²) in [5.74, 6) is 0. The van der Waals surface area contributed by atoms with Crippen LogP contribution in [0.5, 0.6) is 0 Å². The molecule has 0 aromatic heterocycles. The first kappa shape index (κ1) is 12.1. The third kappa shape index (κ3) is 4.90. The quantitative estimate of drug-likeness (QED) is 0.625. The Morgan fingerprint density at radius 1 is 1.00 bits per heavy atom. The predicted octanol–water partition coefficient (Wildman–Crippen LogP) is 2.67. The summed E-state index contributed by atoms with van der Waals surface area (Å²) in [6, 6.07) is 1.78. The summed E-state index contributed by atoms with van der Waals surface area (Å²) in [5, 5.41) is 0. The van der Waals surface area contributed by atoms with Gasteiger partial charge in [0.25, 0.3) is 0 Å². The van der Waals surface area contributed by atoms with Gasteiger partial charge in [-0.15, -0.1) is 0 Å². The van der Waals surface area contributed by atoms with Gasteiger partial charge in [-0.25, -0.2) is 0 Å². The van der Waals surface area contributed by atoms with Crippen LogP contribution < -0.4 is 0 Å². The second-order valence-corrected chi connectivity index (χ2v) is 6.48. The molecule has 0 aliphatic rings. The van der Waals surface area contributed by atoms with Gasteiger partial charge in [0.1, 0.15) is 0 Å². The van der Waals surface area contributed by atoms with Crippen molar-refractivity contribution >= 4 is 8.56 Å². The molecule has 0 rings (SSSR count). The molecule has 0 saturated heterocycles. The van der Waals surface area contributed by atoms with Crippen molar-refractivity contribution in [3.63, 3.8) is 0 Å². The Kier molecular flexibility index (Phi) is 6.71. The molecule has 0 bridgehead atoms. The molecule has 1 N–H and O–H groups in total. The Morgan fingerprint density at radius 3 is 1.83 bits per heavy atom. The molecular weight excluding hydrogens is 168 g/mol. The fraction of sp³-hybridized carbons (Fsp3) is 1.00. The molecule has 0 atom stereocenters. The van der Waals surface area contributed by atoms with Gasteiger partial charge in [-0.1, -0.05) is 33.6 Å². The molecule has 0 aliphatic carbocycles. The van der Waals surface area contributed by atoms with E-state index in [9.17, 15) is 4.80 Å². The summed E-state index contributed by atoms with van der Waals surface area (Å²) in [7, 11) is -2.27. The van der Waals surface area contributed by atoms with Crippen LogP contribution in [0.1, 0.15) is 40.0 Å². The SMILES string of the molecule is CCCO[Si](O)(CCC)CCC. The van der Waals surface area contributed by atoms with Crippen LogP contribution >= 0.6 is 0 Å². The third-order valence-corrected chi connectivity index (χ3v) is 5.16. The highest BCUT2D eigenvalue weighted by Crippen LogP contribution is 2.17. The maximum atomic E-state index is 10.1. The van der Waals surface area contributed by atoms with Crippen molar-refractivity contribution in [3.05, 3.63) is 0 Å². The highest BCUT2D eigenvalue weighted by atomic mass is 28.4. The van der Waals surface area contributed by atoms with E-state index in [1.807, 2.05) is 0 Å². The van der Waals surface area contributed by atoms with E-state index < -0.39 is 8.56 Å². The van der Waals surface area contributed by atoms with Crippen molar-refractivity contribution in [2.75, 3.05) is 6.61 Å². The molecule has 0 spiro atoms. The van der Waals surface area contributed by atoms with E-state index >= 15 is 0 Å². The average molecular weight is 190 g/mol. The molecule has 0 aromatic rings. The monoisotopic (exact) mass is 190 g/mol. The number of hydrogen-bond acceptors (Lipinski definition) is 2. The van der Waals surface area contributed by atoms with Crippen LogP contribution in [-0.2, 0) is 4.43 Å². The minimum absolute atomic E-state index is 0.725. The Balaban J connectivity index is 3.80. The molecule has 0 amide bonds. The highest BCUT2D eigenvalue weighted by Gasteiger charge is 2.30. The van der Waals surface area contributed by atoms with E-state index in [0.29, 0.717) is 0 Å². The van der Waals surface area contributed by atoms with Crippen LogP contribution in [0.15, 0.2) is 0 Å². The molecule has 0 fully saturated rings. The van der Waals surface area contributed by atoms with Gasteiger partial charge in [0.15, 0.2) is 0 Å². The summed E-state index contributed by atoms with van der Waals surface area (Å²) in [6.07, 6.45) is 3.07. The summed E-state index contributed by atoms with van der Waals surface area (Å²) in [5.41, 5.74) is 0. The molecule has 12 heavy (non-hydrogen) atoms. The second kappa shape index (κ2) is 6.63. The summed E-state index contributed by atoms with van der Waals surface area (Å²) >= 11 is 0. The van der Waals surface area contributed by atoms with Gasteiger partial charge in [-0.05, 0) is 18.5 Å². The fourth-order valence-electron chi connectivity index (χ4n) is 1.34. The first-order chi connectivity index (χ1) is 5.68. The lowest BCUT2D eigenvalue weighted by atomic mass is 10.5. The zero-order valence-electron chi connectivity index (χ0n) is 8.60. The zero-order valence-corrected chi connectivity index (χ0v) is 9.60. The second-order valence-electron chi connectivity index (χ2n) is 3.29. The lowest BCUT2D eigenvalue weighted by Crippen LogP contribution is -2.38. The Bertz CT molecular complexity index is 101. The first-order valence-corrected chi connectivity index (χ1v) is 7.31. The molecule has 0 heterocycles. The summed E-state index contributed by atoms with van der Waals surface area (Å²) < 4.78 is 5.55. The van der Waals surface area contributed by atoms with E-state index in [1.165, 1.54) is 0 Å². The summed E-state index contributed by atoms with van der Waals surface area (Å²) in [4.78, 5) is 10.1. The van der Waals surface area contributed by atoms with Gasteiger partial charge in [-0.3, -0.25) is 0 Å². The van der Waals surface area contributed by atoms with E-state index in [2.05, 4.69) is 20.8 Å². The predicted molar refractivity (Wildman–Crippen MR) is 54.4 cm³/mol. The van der Waals surface area contributed by atoms with Gasteiger partial charge in [0.2, 0.25) is 0 Å². The average Bonchev–Trinajstić information content (AvgIpc) is 2.02. The lowest BCUT2D eigenvalue weighted by Gasteiger charge is -2.23.